The number of thiophene rings is 1. The van der Waals surface area contributed by atoms with E-state index in [1.807, 2.05) is 28.9 Å². The molecule has 19 heavy (non-hydrogen) atoms. The third-order valence-corrected chi connectivity index (χ3v) is 4.95. The van der Waals surface area contributed by atoms with Crippen LogP contribution in [0.4, 0.5) is 0 Å². The summed E-state index contributed by atoms with van der Waals surface area (Å²) in [7, 11) is 0. The van der Waals surface area contributed by atoms with Crippen LogP contribution in [0.2, 0.25) is 0 Å². The minimum Gasteiger partial charge on any atom is -0.337 e. The molecule has 1 fully saturated rings. The highest BCUT2D eigenvalue weighted by Crippen LogP contribution is 2.25. The summed E-state index contributed by atoms with van der Waals surface area (Å²) in [6.07, 6.45) is 7.74. The summed E-state index contributed by atoms with van der Waals surface area (Å²) in [4.78, 5) is 18.4. The predicted molar refractivity (Wildman–Crippen MR) is 78.4 cm³/mol. The van der Waals surface area contributed by atoms with Gasteiger partial charge in [-0.05, 0) is 34.8 Å². The summed E-state index contributed by atoms with van der Waals surface area (Å²) < 4.78 is 3.10. The molecule has 0 aliphatic carbocycles. The van der Waals surface area contributed by atoms with Crippen molar-refractivity contribution < 1.29 is 4.79 Å². The number of imidazole rings is 1. The minimum atomic E-state index is 0.131. The standard InChI is InChI=1S/C13H14BrN3OS/c14-12-6-10(8-19-12)13(18)16-4-1-2-11(7-16)17-5-3-15-9-17/h3,5-6,8-9,11H,1-2,4,7H2/t11-/m0/s1. The maximum atomic E-state index is 12.4. The molecule has 100 valence electrons. The van der Waals surface area contributed by atoms with Gasteiger partial charge in [-0.25, -0.2) is 4.98 Å². The number of hydrogen-bond acceptors (Lipinski definition) is 3. The van der Waals surface area contributed by atoms with Crippen LogP contribution in [0.3, 0.4) is 0 Å². The van der Waals surface area contributed by atoms with Crippen molar-refractivity contribution in [2.75, 3.05) is 13.1 Å². The molecule has 1 atom stereocenters. The topological polar surface area (TPSA) is 38.1 Å². The number of halogens is 1. The van der Waals surface area contributed by atoms with Crippen LogP contribution in [0, 0.1) is 0 Å². The van der Waals surface area contributed by atoms with Gasteiger partial charge >= 0.3 is 0 Å². The van der Waals surface area contributed by atoms with Crippen LogP contribution in [0.5, 0.6) is 0 Å². The average Bonchev–Trinajstić information content (AvgIpc) is 3.09. The Bertz CT molecular complexity index is 566. The molecule has 0 aromatic carbocycles. The molecule has 4 nitrogen and oxygen atoms in total. The summed E-state index contributed by atoms with van der Waals surface area (Å²) in [5.41, 5.74) is 0.781. The van der Waals surface area contributed by atoms with Crippen LogP contribution in [-0.4, -0.2) is 33.4 Å². The third-order valence-electron chi connectivity index (χ3n) is 3.44. The van der Waals surface area contributed by atoms with Crippen molar-refractivity contribution in [2.45, 2.75) is 18.9 Å². The smallest absolute Gasteiger partial charge is 0.254 e. The van der Waals surface area contributed by atoms with Gasteiger partial charge in [-0.2, -0.15) is 0 Å². The Morgan fingerprint density at radius 2 is 2.42 bits per heavy atom. The summed E-state index contributed by atoms with van der Waals surface area (Å²) in [5, 5.41) is 1.91. The highest BCUT2D eigenvalue weighted by Gasteiger charge is 2.25. The fourth-order valence-corrected chi connectivity index (χ4v) is 3.60. The zero-order chi connectivity index (χ0) is 13.2. The van der Waals surface area contributed by atoms with Crippen molar-refractivity contribution in [1.29, 1.82) is 0 Å². The van der Waals surface area contributed by atoms with Crippen molar-refractivity contribution in [3.05, 3.63) is 39.5 Å². The first-order chi connectivity index (χ1) is 9.24. The van der Waals surface area contributed by atoms with Crippen LogP contribution in [0.15, 0.2) is 34.0 Å². The number of piperidine rings is 1. The van der Waals surface area contributed by atoms with Gasteiger partial charge in [0, 0.05) is 30.9 Å². The molecule has 3 rings (SSSR count). The fraction of sp³-hybridized carbons (Fsp3) is 0.385. The SMILES string of the molecule is O=C(c1csc(Br)c1)N1CCC[C@H](n2ccnc2)C1. The second-order valence-electron chi connectivity index (χ2n) is 4.70. The van der Waals surface area contributed by atoms with Crippen LogP contribution in [0.25, 0.3) is 0 Å². The van der Waals surface area contributed by atoms with Gasteiger partial charge in [0.2, 0.25) is 0 Å². The number of hydrogen-bond donors (Lipinski definition) is 0. The molecule has 1 saturated heterocycles. The van der Waals surface area contributed by atoms with E-state index >= 15 is 0 Å². The van der Waals surface area contributed by atoms with Crippen molar-refractivity contribution in [2.24, 2.45) is 0 Å². The molecule has 1 aliphatic rings. The molecule has 0 spiro atoms. The summed E-state index contributed by atoms with van der Waals surface area (Å²) >= 11 is 4.95. The lowest BCUT2D eigenvalue weighted by atomic mass is 10.0. The predicted octanol–water partition coefficient (Wildman–Crippen LogP) is 3.18. The largest absolute Gasteiger partial charge is 0.337 e. The minimum absolute atomic E-state index is 0.131. The fourth-order valence-electron chi connectivity index (χ4n) is 2.47. The number of carbonyl (C=O) groups is 1. The molecule has 0 N–H and O–H groups in total. The van der Waals surface area contributed by atoms with Crippen molar-refractivity contribution in [1.82, 2.24) is 14.5 Å². The van der Waals surface area contributed by atoms with E-state index in [0.29, 0.717) is 6.04 Å². The van der Waals surface area contributed by atoms with Crippen LogP contribution in [0.1, 0.15) is 29.2 Å². The number of likely N-dealkylation sites (tertiary alicyclic amines) is 1. The average molecular weight is 340 g/mol. The normalized spacial score (nSPS) is 19.6. The zero-order valence-electron chi connectivity index (χ0n) is 10.3. The van der Waals surface area contributed by atoms with E-state index in [9.17, 15) is 4.79 Å². The number of carbonyl (C=O) groups excluding carboxylic acids is 1. The molecule has 1 amide bonds. The van der Waals surface area contributed by atoms with Gasteiger partial charge in [0.1, 0.15) is 0 Å². The molecule has 2 aromatic heterocycles. The Labute approximate surface area is 124 Å². The second-order valence-corrected chi connectivity index (χ2v) is 6.99. The van der Waals surface area contributed by atoms with Gasteiger partial charge in [0.25, 0.3) is 5.91 Å². The molecule has 0 saturated carbocycles. The summed E-state index contributed by atoms with van der Waals surface area (Å²) in [6.45, 7) is 1.61. The Morgan fingerprint density at radius 3 is 3.11 bits per heavy atom. The Balaban J connectivity index is 1.73. The molecule has 1 aliphatic heterocycles. The van der Waals surface area contributed by atoms with E-state index in [1.54, 1.807) is 17.5 Å². The van der Waals surface area contributed by atoms with Gasteiger partial charge in [0.15, 0.2) is 0 Å². The second kappa shape index (κ2) is 5.46. The highest BCUT2D eigenvalue weighted by molar-refractivity contribution is 9.11. The molecular weight excluding hydrogens is 326 g/mol. The first kappa shape index (κ1) is 12.9. The van der Waals surface area contributed by atoms with Gasteiger partial charge in [0.05, 0.1) is 21.7 Å². The van der Waals surface area contributed by atoms with E-state index in [4.69, 9.17) is 0 Å². The first-order valence-electron chi connectivity index (χ1n) is 6.25. The van der Waals surface area contributed by atoms with E-state index in [2.05, 4.69) is 25.5 Å². The third kappa shape index (κ3) is 2.74. The Hall–Kier alpha value is -1.14. The maximum absolute atomic E-state index is 12.4. The number of rotatable bonds is 2. The molecule has 0 radical (unpaired) electrons. The quantitative estimate of drug-likeness (QED) is 0.842. The van der Waals surface area contributed by atoms with E-state index in [-0.39, 0.29) is 5.91 Å². The molecule has 3 heterocycles. The molecule has 0 bridgehead atoms. The first-order valence-corrected chi connectivity index (χ1v) is 7.92. The Kier molecular flexibility index (Phi) is 3.70. The van der Waals surface area contributed by atoms with Crippen molar-refractivity contribution in [3.63, 3.8) is 0 Å². The molecule has 2 aromatic rings. The monoisotopic (exact) mass is 339 g/mol. The summed E-state index contributed by atoms with van der Waals surface area (Å²) in [5.74, 6) is 0.131. The van der Waals surface area contributed by atoms with Crippen LogP contribution >= 0.6 is 27.3 Å². The van der Waals surface area contributed by atoms with Gasteiger partial charge in [-0.15, -0.1) is 11.3 Å². The molecule has 0 unspecified atom stereocenters. The lowest BCUT2D eigenvalue weighted by Gasteiger charge is -2.33. The number of nitrogens with zero attached hydrogens (tertiary/aromatic N) is 3. The van der Waals surface area contributed by atoms with E-state index in [1.165, 1.54) is 0 Å². The Morgan fingerprint density at radius 1 is 1.53 bits per heavy atom. The van der Waals surface area contributed by atoms with Crippen molar-refractivity contribution in [3.8, 4) is 0 Å². The van der Waals surface area contributed by atoms with Gasteiger partial charge in [-0.1, -0.05) is 0 Å². The zero-order valence-corrected chi connectivity index (χ0v) is 12.7. The van der Waals surface area contributed by atoms with Crippen LogP contribution in [-0.2, 0) is 0 Å². The highest BCUT2D eigenvalue weighted by atomic mass is 79.9. The van der Waals surface area contributed by atoms with Crippen molar-refractivity contribution >= 4 is 33.2 Å². The lowest BCUT2D eigenvalue weighted by molar-refractivity contribution is 0.0680. The maximum Gasteiger partial charge on any atom is 0.254 e. The number of amides is 1. The molecule has 6 heteroatoms. The van der Waals surface area contributed by atoms with E-state index < -0.39 is 0 Å². The van der Waals surface area contributed by atoms with E-state index in [0.717, 1.165) is 35.3 Å². The number of aromatic nitrogens is 2. The van der Waals surface area contributed by atoms with Gasteiger partial charge < -0.3 is 9.47 Å². The summed E-state index contributed by atoms with van der Waals surface area (Å²) in [6, 6.07) is 2.25. The molecular formula is C13H14BrN3OS. The van der Waals surface area contributed by atoms with Crippen LogP contribution < -0.4 is 0 Å². The lowest BCUT2D eigenvalue weighted by Crippen LogP contribution is -2.40. The van der Waals surface area contributed by atoms with Gasteiger partial charge in [-0.3, -0.25) is 4.79 Å².